The topological polar surface area (TPSA) is 76.5 Å². The molecule has 0 radical (unpaired) electrons. The lowest BCUT2D eigenvalue weighted by Crippen LogP contribution is -2.46. The lowest BCUT2D eigenvalue weighted by Gasteiger charge is -2.35. The second-order valence-electron chi connectivity index (χ2n) is 7.70. The summed E-state index contributed by atoms with van der Waals surface area (Å²) in [5.41, 5.74) is 0.945. The number of aromatic nitrogens is 4. The number of hydrogen-bond donors (Lipinski definition) is 0. The van der Waals surface area contributed by atoms with Crippen molar-refractivity contribution in [3.63, 3.8) is 0 Å². The summed E-state index contributed by atoms with van der Waals surface area (Å²) in [6.45, 7) is 4.32. The molecule has 3 aromatic heterocycles. The molecule has 2 fully saturated rings. The van der Waals surface area contributed by atoms with Crippen LogP contribution in [0.3, 0.4) is 0 Å². The molecule has 2 aliphatic heterocycles. The van der Waals surface area contributed by atoms with Crippen LogP contribution in [0.1, 0.15) is 36.8 Å². The number of anilines is 2. The van der Waals surface area contributed by atoms with Crippen molar-refractivity contribution in [3.05, 3.63) is 60.3 Å². The second kappa shape index (κ2) is 9.67. The summed E-state index contributed by atoms with van der Waals surface area (Å²) >= 11 is 1.43. The maximum absolute atomic E-state index is 6.32. The van der Waals surface area contributed by atoms with Gasteiger partial charge in [-0.05, 0) is 37.5 Å². The van der Waals surface area contributed by atoms with E-state index in [1.165, 1.54) is 11.5 Å². The molecule has 2 saturated heterocycles. The molecule has 2 unspecified atom stereocenters. The van der Waals surface area contributed by atoms with Crippen LogP contribution >= 0.6 is 11.5 Å². The van der Waals surface area contributed by atoms with Gasteiger partial charge in [0, 0.05) is 68.5 Å². The standard InChI is InChI=1S/C22H26N6O2S/c1-3-10-24-18(7-1)27-11-13-28(14-12-27)22-25-21(26-31-22)20(17-6-5-9-23-16-17)30-19-8-2-4-15-29-19/h1,3,5-7,9-10,16,19-20H,2,4,8,11-15H2. The Bertz CT molecular complexity index is 943. The molecule has 0 aromatic carbocycles. The van der Waals surface area contributed by atoms with Gasteiger partial charge in [-0.25, -0.2) is 9.97 Å². The summed E-state index contributed by atoms with van der Waals surface area (Å²) in [5, 5.41) is 0.928. The van der Waals surface area contributed by atoms with E-state index in [0.717, 1.165) is 68.6 Å². The molecule has 8 nitrogen and oxygen atoms in total. The average molecular weight is 439 g/mol. The van der Waals surface area contributed by atoms with E-state index in [1.54, 1.807) is 6.20 Å². The largest absolute Gasteiger partial charge is 0.353 e. The summed E-state index contributed by atoms with van der Waals surface area (Å²) in [4.78, 5) is 18.2. The first kappa shape index (κ1) is 20.3. The lowest BCUT2D eigenvalue weighted by molar-refractivity contribution is -0.182. The van der Waals surface area contributed by atoms with Crippen LogP contribution in [-0.4, -0.2) is 58.4 Å². The lowest BCUT2D eigenvalue weighted by atomic mass is 10.1. The number of rotatable bonds is 6. The maximum Gasteiger partial charge on any atom is 0.205 e. The Labute approximate surface area is 186 Å². The normalized spacial score (nSPS) is 20.6. The fourth-order valence-corrected chi connectivity index (χ4v) is 4.66. The SMILES string of the molecule is c1ccc(N2CCN(c3nc(C(OC4CCCCO4)c4cccnc4)ns3)CC2)nc1. The third kappa shape index (κ3) is 4.84. The first-order valence-corrected chi connectivity index (χ1v) is 11.6. The monoisotopic (exact) mass is 438 g/mol. The van der Waals surface area contributed by atoms with Crippen LogP contribution < -0.4 is 9.80 Å². The van der Waals surface area contributed by atoms with Crippen LogP contribution in [0.25, 0.3) is 0 Å². The zero-order chi connectivity index (χ0) is 20.9. The molecule has 5 rings (SSSR count). The van der Waals surface area contributed by atoms with Gasteiger partial charge in [-0.2, -0.15) is 4.37 Å². The van der Waals surface area contributed by atoms with E-state index in [-0.39, 0.29) is 12.4 Å². The zero-order valence-corrected chi connectivity index (χ0v) is 18.2. The molecule has 0 spiro atoms. The third-order valence-electron chi connectivity index (χ3n) is 5.60. The van der Waals surface area contributed by atoms with Crippen molar-refractivity contribution < 1.29 is 9.47 Å². The fraction of sp³-hybridized carbons (Fsp3) is 0.455. The third-order valence-corrected chi connectivity index (χ3v) is 6.39. The number of nitrogens with zero attached hydrogens (tertiary/aromatic N) is 6. The molecule has 3 aromatic rings. The van der Waals surface area contributed by atoms with Crippen LogP contribution in [0, 0.1) is 0 Å². The van der Waals surface area contributed by atoms with Gasteiger partial charge in [0.15, 0.2) is 12.1 Å². The van der Waals surface area contributed by atoms with Crippen molar-refractivity contribution in [2.45, 2.75) is 31.7 Å². The van der Waals surface area contributed by atoms with Gasteiger partial charge in [-0.15, -0.1) is 0 Å². The highest BCUT2D eigenvalue weighted by Crippen LogP contribution is 2.31. The molecule has 2 atom stereocenters. The van der Waals surface area contributed by atoms with Gasteiger partial charge in [0.25, 0.3) is 0 Å². The highest BCUT2D eigenvalue weighted by molar-refractivity contribution is 7.09. The van der Waals surface area contributed by atoms with E-state index < -0.39 is 0 Å². The van der Waals surface area contributed by atoms with Gasteiger partial charge in [-0.1, -0.05) is 12.1 Å². The molecule has 0 bridgehead atoms. The predicted octanol–water partition coefficient (Wildman–Crippen LogP) is 3.29. The van der Waals surface area contributed by atoms with Gasteiger partial charge in [0.2, 0.25) is 5.13 Å². The first-order chi connectivity index (χ1) is 15.4. The molecule has 162 valence electrons. The summed E-state index contributed by atoms with van der Waals surface area (Å²) in [6.07, 6.45) is 7.90. The Hall–Kier alpha value is -2.62. The van der Waals surface area contributed by atoms with Gasteiger partial charge >= 0.3 is 0 Å². The van der Waals surface area contributed by atoms with Crippen molar-refractivity contribution >= 4 is 22.5 Å². The second-order valence-corrected chi connectivity index (χ2v) is 8.43. The number of ether oxygens (including phenoxy) is 2. The summed E-state index contributed by atoms with van der Waals surface area (Å²) < 4.78 is 16.8. The van der Waals surface area contributed by atoms with Crippen LogP contribution in [0.2, 0.25) is 0 Å². The van der Waals surface area contributed by atoms with Gasteiger partial charge in [-0.3, -0.25) is 4.98 Å². The average Bonchev–Trinajstić information content (AvgIpc) is 3.34. The number of hydrogen-bond acceptors (Lipinski definition) is 9. The minimum atomic E-state index is -0.378. The molecule has 0 aliphatic carbocycles. The van der Waals surface area contributed by atoms with Gasteiger partial charge in [0.1, 0.15) is 11.9 Å². The van der Waals surface area contributed by atoms with Crippen molar-refractivity contribution in [3.8, 4) is 0 Å². The van der Waals surface area contributed by atoms with Crippen LogP contribution in [0.15, 0.2) is 48.9 Å². The molecule has 31 heavy (non-hydrogen) atoms. The van der Waals surface area contributed by atoms with Crippen molar-refractivity contribution in [1.82, 2.24) is 19.3 Å². The molecule has 9 heteroatoms. The van der Waals surface area contributed by atoms with Crippen LogP contribution in [0.4, 0.5) is 10.9 Å². The minimum absolute atomic E-state index is 0.229. The van der Waals surface area contributed by atoms with Crippen molar-refractivity contribution in [1.29, 1.82) is 0 Å². The Morgan fingerprint density at radius 1 is 1.03 bits per heavy atom. The van der Waals surface area contributed by atoms with Crippen molar-refractivity contribution in [2.24, 2.45) is 0 Å². The van der Waals surface area contributed by atoms with Crippen molar-refractivity contribution in [2.75, 3.05) is 42.6 Å². The highest BCUT2D eigenvalue weighted by Gasteiger charge is 2.28. The molecule has 2 aliphatic rings. The van der Waals surface area contributed by atoms with Crippen LogP contribution in [0.5, 0.6) is 0 Å². The predicted molar refractivity (Wildman–Crippen MR) is 119 cm³/mol. The zero-order valence-electron chi connectivity index (χ0n) is 17.3. The minimum Gasteiger partial charge on any atom is -0.353 e. The Morgan fingerprint density at radius 3 is 2.68 bits per heavy atom. The molecular formula is C22H26N6O2S. The molecule has 0 saturated carbocycles. The summed E-state index contributed by atoms with van der Waals surface area (Å²) in [7, 11) is 0. The van der Waals surface area contributed by atoms with E-state index in [1.807, 2.05) is 36.7 Å². The Kier molecular flexibility index (Phi) is 6.33. The van der Waals surface area contributed by atoms with E-state index in [9.17, 15) is 0 Å². The fourth-order valence-electron chi connectivity index (χ4n) is 3.92. The molecule has 0 N–H and O–H groups in total. The molecular weight excluding hydrogens is 412 g/mol. The van der Waals surface area contributed by atoms with Gasteiger partial charge < -0.3 is 19.3 Å². The first-order valence-electron chi connectivity index (χ1n) is 10.8. The highest BCUT2D eigenvalue weighted by atomic mass is 32.1. The molecule has 5 heterocycles. The smallest absolute Gasteiger partial charge is 0.205 e. The summed E-state index contributed by atoms with van der Waals surface area (Å²) in [5.74, 6) is 1.70. The number of pyridine rings is 2. The van der Waals surface area contributed by atoms with Gasteiger partial charge in [0.05, 0.1) is 0 Å². The van der Waals surface area contributed by atoms with E-state index >= 15 is 0 Å². The maximum atomic E-state index is 6.32. The Morgan fingerprint density at radius 2 is 1.94 bits per heavy atom. The number of piperazine rings is 1. The summed E-state index contributed by atoms with van der Waals surface area (Å²) in [6, 6.07) is 9.95. The Balaban J connectivity index is 1.29. The molecule has 0 amide bonds. The van der Waals surface area contributed by atoms with E-state index in [4.69, 9.17) is 14.5 Å². The van der Waals surface area contributed by atoms with E-state index in [0.29, 0.717) is 5.82 Å². The quantitative estimate of drug-likeness (QED) is 0.580. The van der Waals surface area contributed by atoms with E-state index in [2.05, 4.69) is 30.2 Å². The van der Waals surface area contributed by atoms with Crippen LogP contribution in [-0.2, 0) is 9.47 Å².